The Labute approximate surface area is 150 Å². The van der Waals surface area contributed by atoms with Gasteiger partial charge in [-0.1, -0.05) is 17.4 Å². The summed E-state index contributed by atoms with van der Waals surface area (Å²) >= 11 is 1.16. The van der Waals surface area contributed by atoms with E-state index in [1.54, 1.807) is 12.1 Å². The lowest BCUT2D eigenvalue weighted by Crippen LogP contribution is -2.55. The summed E-state index contributed by atoms with van der Waals surface area (Å²) in [6.45, 7) is 0.0255. The molecule has 1 aliphatic heterocycles. The van der Waals surface area contributed by atoms with Gasteiger partial charge in [-0.3, -0.25) is 0 Å². The molecule has 2 aromatic carbocycles. The number of thiazole rings is 1. The molecule has 0 radical (unpaired) electrons. The standard InChI is InChI=1S/C16H11F3N2O3S2/c17-9-4-10(18)6-12(5-9)26(22,23)21-7-11(8-21)24-16-20-15-13(19)2-1-3-14(15)25-16/h1-6,11H,7-8H2. The largest absolute Gasteiger partial charge is 0.464 e. The van der Waals surface area contributed by atoms with Crippen LogP contribution in [0.1, 0.15) is 0 Å². The summed E-state index contributed by atoms with van der Waals surface area (Å²) < 4.78 is 72.2. The molecule has 1 aliphatic rings. The van der Waals surface area contributed by atoms with E-state index in [0.717, 1.165) is 27.8 Å². The van der Waals surface area contributed by atoms with Crippen LogP contribution in [0.15, 0.2) is 41.3 Å². The maximum absolute atomic E-state index is 13.6. The van der Waals surface area contributed by atoms with Crippen molar-refractivity contribution in [2.24, 2.45) is 0 Å². The first-order chi connectivity index (χ1) is 12.3. The molecule has 0 atom stereocenters. The number of benzene rings is 2. The topological polar surface area (TPSA) is 59.5 Å². The summed E-state index contributed by atoms with van der Waals surface area (Å²) in [5.74, 6) is -2.39. The van der Waals surface area contributed by atoms with Crippen LogP contribution >= 0.6 is 11.3 Å². The molecule has 1 saturated heterocycles. The van der Waals surface area contributed by atoms with Crippen molar-refractivity contribution in [1.29, 1.82) is 0 Å². The van der Waals surface area contributed by atoms with E-state index in [2.05, 4.69) is 4.98 Å². The van der Waals surface area contributed by atoms with Crippen molar-refractivity contribution in [1.82, 2.24) is 9.29 Å². The monoisotopic (exact) mass is 400 g/mol. The predicted octanol–water partition coefficient (Wildman–Crippen LogP) is 3.17. The molecule has 0 unspecified atom stereocenters. The first kappa shape index (κ1) is 17.3. The molecule has 5 nitrogen and oxygen atoms in total. The van der Waals surface area contributed by atoms with E-state index in [-0.39, 0.29) is 23.8 Å². The van der Waals surface area contributed by atoms with E-state index in [0.29, 0.717) is 10.8 Å². The predicted molar refractivity (Wildman–Crippen MR) is 89.1 cm³/mol. The van der Waals surface area contributed by atoms with Crippen LogP contribution in [0.5, 0.6) is 5.19 Å². The summed E-state index contributed by atoms with van der Waals surface area (Å²) in [6.07, 6.45) is -0.466. The lowest BCUT2D eigenvalue weighted by molar-refractivity contribution is 0.0761. The minimum atomic E-state index is -4.01. The molecule has 0 saturated carbocycles. The quantitative estimate of drug-likeness (QED) is 0.675. The van der Waals surface area contributed by atoms with Crippen LogP contribution in [0.2, 0.25) is 0 Å². The van der Waals surface area contributed by atoms with Crippen LogP contribution in [0, 0.1) is 17.5 Å². The van der Waals surface area contributed by atoms with Crippen LogP contribution in [0.25, 0.3) is 10.2 Å². The van der Waals surface area contributed by atoms with Gasteiger partial charge in [0.1, 0.15) is 29.1 Å². The number of nitrogens with zero attached hydrogens (tertiary/aromatic N) is 2. The van der Waals surface area contributed by atoms with E-state index in [1.807, 2.05) is 0 Å². The summed E-state index contributed by atoms with van der Waals surface area (Å²) in [6, 6.07) is 6.70. The van der Waals surface area contributed by atoms with Gasteiger partial charge < -0.3 is 4.74 Å². The lowest BCUT2D eigenvalue weighted by Gasteiger charge is -2.37. The van der Waals surface area contributed by atoms with Crippen LogP contribution in [0.4, 0.5) is 13.2 Å². The summed E-state index contributed by atoms with van der Waals surface area (Å²) in [5, 5.41) is 0.240. The molecule has 0 N–H and O–H groups in total. The third-order valence-corrected chi connectivity index (χ3v) is 6.63. The van der Waals surface area contributed by atoms with Crippen LogP contribution in [-0.2, 0) is 10.0 Å². The summed E-state index contributed by atoms with van der Waals surface area (Å²) in [5.41, 5.74) is 0.200. The number of ether oxygens (including phenoxy) is 1. The fourth-order valence-electron chi connectivity index (χ4n) is 2.59. The second-order valence-corrected chi connectivity index (χ2v) is 8.66. The third-order valence-electron chi connectivity index (χ3n) is 3.91. The van der Waals surface area contributed by atoms with Gasteiger partial charge in [0.05, 0.1) is 22.7 Å². The molecule has 0 spiro atoms. The van der Waals surface area contributed by atoms with Gasteiger partial charge >= 0.3 is 0 Å². The van der Waals surface area contributed by atoms with Gasteiger partial charge in [0.15, 0.2) is 0 Å². The Morgan fingerprint density at radius 3 is 2.46 bits per heavy atom. The Morgan fingerprint density at radius 2 is 1.81 bits per heavy atom. The highest BCUT2D eigenvalue weighted by Crippen LogP contribution is 2.32. The highest BCUT2D eigenvalue weighted by Gasteiger charge is 2.39. The molecule has 10 heteroatoms. The zero-order valence-electron chi connectivity index (χ0n) is 13.0. The molecule has 136 valence electrons. The normalized spacial score (nSPS) is 16.0. The SMILES string of the molecule is O=S(=O)(c1cc(F)cc(F)c1)N1CC(Oc2nc3c(F)cccc3s2)C1. The van der Waals surface area contributed by atoms with Gasteiger partial charge in [0.2, 0.25) is 10.0 Å². The lowest BCUT2D eigenvalue weighted by atomic mass is 10.2. The maximum atomic E-state index is 13.6. The van der Waals surface area contributed by atoms with Crippen molar-refractivity contribution in [2.45, 2.75) is 11.0 Å². The Hall–Kier alpha value is -2.17. The second-order valence-electron chi connectivity index (χ2n) is 5.73. The molecule has 1 aromatic heterocycles. The molecule has 4 rings (SSSR count). The zero-order chi connectivity index (χ0) is 18.5. The number of rotatable bonds is 4. The molecule has 1 fully saturated rings. The smallest absolute Gasteiger partial charge is 0.274 e. The third kappa shape index (κ3) is 3.04. The first-order valence-corrected chi connectivity index (χ1v) is 9.76. The molecule has 3 aromatic rings. The number of fused-ring (bicyclic) bond motifs is 1. The van der Waals surface area contributed by atoms with Gasteiger partial charge in [-0.25, -0.2) is 21.6 Å². The number of hydrogen-bond donors (Lipinski definition) is 0. The second kappa shape index (κ2) is 6.22. The van der Waals surface area contributed by atoms with E-state index in [1.165, 1.54) is 6.07 Å². The number of halogens is 3. The van der Waals surface area contributed by atoms with E-state index in [4.69, 9.17) is 4.74 Å². The van der Waals surface area contributed by atoms with Gasteiger partial charge in [0, 0.05) is 6.07 Å². The Balaban J connectivity index is 1.46. The first-order valence-electron chi connectivity index (χ1n) is 7.51. The van der Waals surface area contributed by atoms with E-state index >= 15 is 0 Å². The average Bonchev–Trinajstić information content (AvgIpc) is 2.93. The minimum Gasteiger partial charge on any atom is -0.464 e. The van der Waals surface area contributed by atoms with Crippen LogP contribution < -0.4 is 4.74 Å². The van der Waals surface area contributed by atoms with Crippen molar-refractivity contribution < 1.29 is 26.3 Å². The average molecular weight is 400 g/mol. The molecule has 2 heterocycles. The fraction of sp³-hybridized carbons (Fsp3) is 0.188. The van der Waals surface area contributed by atoms with E-state index < -0.39 is 38.5 Å². The van der Waals surface area contributed by atoms with Gasteiger partial charge in [0.25, 0.3) is 5.19 Å². The molecule has 26 heavy (non-hydrogen) atoms. The Morgan fingerprint density at radius 1 is 1.12 bits per heavy atom. The number of para-hydroxylation sites is 1. The van der Waals surface area contributed by atoms with Crippen molar-refractivity contribution in [3.8, 4) is 5.19 Å². The Bertz CT molecular complexity index is 1080. The highest BCUT2D eigenvalue weighted by atomic mass is 32.2. The highest BCUT2D eigenvalue weighted by molar-refractivity contribution is 7.89. The minimum absolute atomic E-state index is 0.0128. The molecule has 0 amide bonds. The number of sulfonamides is 1. The van der Waals surface area contributed by atoms with Crippen molar-refractivity contribution in [3.63, 3.8) is 0 Å². The van der Waals surface area contributed by atoms with Gasteiger partial charge in [-0.15, -0.1) is 0 Å². The zero-order valence-corrected chi connectivity index (χ0v) is 14.7. The van der Waals surface area contributed by atoms with Crippen molar-refractivity contribution >= 4 is 31.6 Å². The van der Waals surface area contributed by atoms with Crippen LogP contribution in [0.3, 0.4) is 0 Å². The molecular formula is C16H11F3N2O3S2. The summed E-state index contributed by atoms with van der Waals surface area (Å²) in [7, 11) is -4.01. The number of aromatic nitrogens is 1. The fourth-order valence-corrected chi connectivity index (χ4v) is 5.03. The van der Waals surface area contributed by atoms with E-state index in [9.17, 15) is 21.6 Å². The van der Waals surface area contributed by atoms with Crippen molar-refractivity contribution in [3.05, 3.63) is 53.8 Å². The van der Waals surface area contributed by atoms with Crippen molar-refractivity contribution in [2.75, 3.05) is 13.1 Å². The van der Waals surface area contributed by atoms with Gasteiger partial charge in [-0.05, 0) is 24.3 Å². The maximum Gasteiger partial charge on any atom is 0.274 e. The summed E-state index contributed by atoms with van der Waals surface area (Å²) in [4.78, 5) is 3.61. The van der Waals surface area contributed by atoms with Crippen LogP contribution in [-0.4, -0.2) is 36.9 Å². The molecular weight excluding hydrogens is 389 g/mol. The molecule has 0 bridgehead atoms. The molecule has 0 aliphatic carbocycles. The Kier molecular flexibility index (Phi) is 4.13. The van der Waals surface area contributed by atoms with Gasteiger partial charge in [-0.2, -0.15) is 9.29 Å². The number of hydrogen-bond acceptors (Lipinski definition) is 5.